The molecule has 2 aromatic heterocycles. The van der Waals surface area contributed by atoms with E-state index in [1.807, 2.05) is 13.8 Å². The third-order valence-electron chi connectivity index (χ3n) is 3.17. The van der Waals surface area contributed by atoms with E-state index in [0.29, 0.717) is 16.3 Å². The zero-order chi connectivity index (χ0) is 16.4. The highest BCUT2D eigenvalue weighted by atomic mass is 35.5. The van der Waals surface area contributed by atoms with Crippen molar-refractivity contribution < 1.29 is 4.79 Å². The van der Waals surface area contributed by atoms with Crippen molar-refractivity contribution in [2.45, 2.75) is 19.9 Å². The van der Waals surface area contributed by atoms with Crippen LogP contribution in [-0.4, -0.2) is 31.1 Å². The van der Waals surface area contributed by atoms with E-state index < -0.39 is 0 Å². The summed E-state index contributed by atoms with van der Waals surface area (Å²) in [4.78, 5) is 17.8. The maximum atomic E-state index is 12.4. The van der Waals surface area contributed by atoms with E-state index >= 15 is 0 Å². The van der Waals surface area contributed by atoms with Crippen molar-refractivity contribution in [3.05, 3.63) is 51.2 Å². The predicted molar refractivity (Wildman–Crippen MR) is 86.9 cm³/mol. The van der Waals surface area contributed by atoms with Crippen LogP contribution in [0.1, 0.15) is 33.2 Å². The zero-order valence-corrected chi connectivity index (χ0v) is 14.0. The Morgan fingerprint density at radius 3 is 2.87 bits per heavy atom. The van der Waals surface area contributed by atoms with E-state index in [1.54, 1.807) is 35.7 Å². The second-order valence-corrected chi connectivity index (χ2v) is 6.60. The molecule has 0 radical (unpaired) electrons. The van der Waals surface area contributed by atoms with E-state index in [1.165, 1.54) is 11.0 Å². The van der Waals surface area contributed by atoms with Gasteiger partial charge in [0, 0.05) is 11.1 Å². The molecule has 7 nitrogen and oxygen atoms in total. The summed E-state index contributed by atoms with van der Waals surface area (Å²) in [6.07, 6.45) is 3.24. The summed E-state index contributed by atoms with van der Waals surface area (Å²) in [6, 6.07) is 4.84. The number of rotatable bonds is 4. The second kappa shape index (κ2) is 6.43. The van der Waals surface area contributed by atoms with Crippen molar-refractivity contribution in [1.82, 2.24) is 30.5 Å². The van der Waals surface area contributed by atoms with Gasteiger partial charge in [0.15, 0.2) is 0 Å². The van der Waals surface area contributed by atoms with Crippen LogP contribution in [0.3, 0.4) is 0 Å². The van der Waals surface area contributed by atoms with Gasteiger partial charge in [-0.05, 0) is 42.5 Å². The average molecular weight is 349 g/mol. The molecule has 0 saturated heterocycles. The Morgan fingerprint density at radius 2 is 2.26 bits per heavy atom. The van der Waals surface area contributed by atoms with Gasteiger partial charge < -0.3 is 5.32 Å². The molecular formula is C14H13ClN6OS. The maximum absolute atomic E-state index is 12.4. The van der Waals surface area contributed by atoms with Gasteiger partial charge in [-0.3, -0.25) is 4.79 Å². The molecule has 3 aromatic rings. The molecule has 0 bridgehead atoms. The van der Waals surface area contributed by atoms with Gasteiger partial charge in [0.05, 0.1) is 22.3 Å². The molecule has 9 heteroatoms. The number of nitrogens with zero attached hydrogens (tertiary/aromatic N) is 5. The maximum Gasteiger partial charge on any atom is 0.253 e. The molecule has 1 unspecified atom stereocenters. The summed E-state index contributed by atoms with van der Waals surface area (Å²) in [5, 5.41) is 15.0. The quantitative estimate of drug-likeness (QED) is 0.783. The topological polar surface area (TPSA) is 85.6 Å². The second-order valence-electron chi connectivity index (χ2n) is 4.92. The third-order valence-corrected chi connectivity index (χ3v) is 4.58. The van der Waals surface area contributed by atoms with E-state index in [2.05, 4.69) is 25.8 Å². The van der Waals surface area contributed by atoms with E-state index in [0.717, 1.165) is 9.88 Å². The first kappa shape index (κ1) is 15.6. The fourth-order valence-corrected chi connectivity index (χ4v) is 3.06. The van der Waals surface area contributed by atoms with Crippen LogP contribution in [0.4, 0.5) is 0 Å². The Kier molecular flexibility index (Phi) is 4.35. The predicted octanol–water partition coefficient (Wildman–Crippen LogP) is 2.57. The first-order chi connectivity index (χ1) is 11.0. The number of halogens is 1. The monoisotopic (exact) mass is 348 g/mol. The smallest absolute Gasteiger partial charge is 0.253 e. The number of benzene rings is 1. The lowest BCUT2D eigenvalue weighted by atomic mass is 10.2. The van der Waals surface area contributed by atoms with E-state index in [4.69, 9.17) is 11.6 Å². The number of aryl methyl sites for hydroxylation is 1. The molecule has 0 aliphatic rings. The molecule has 0 fully saturated rings. The molecular weight excluding hydrogens is 336 g/mol. The molecule has 1 N–H and O–H groups in total. The lowest BCUT2D eigenvalue weighted by Crippen LogP contribution is -2.26. The molecule has 0 saturated carbocycles. The molecule has 0 aliphatic heterocycles. The van der Waals surface area contributed by atoms with Crippen LogP contribution < -0.4 is 5.32 Å². The van der Waals surface area contributed by atoms with Crippen LogP contribution >= 0.6 is 22.9 Å². The van der Waals surface area contributed by atoms with Gasteiger partial charge in [0.2, 0.25) is 0 Å². The molecule has 3 rings (SSSR count). The number of aromatic nitrogens is 5. The number of carbonyl (C=O) groups is 1. The highest BCUT2D eigenvalue weighted by Gasteiger charge is 2.17. The van der Waals surface area contributed by atoms with Gasteiger partial charge in [0.25, 0.3) is 5.91 Å². The lowest BCUT2D eigenvalue weighted by Gasteiger charge is -2.12. The van der Waals surface area contributed by atoms with Crippen LogP contribution in [0.25, 0.3) is 5.69 Å². The molecule has 1 amide bonds. The summed E-state index contributed by atoms with van der Waals surface area (Å²) in [7, 11) is 0. The van der Waals surface area contributed by atoms with Gasteiger partial charge in [-0.25, -0.2) is 9.67 Å². The van der Waals surface area contributed by atoms with Crippen molar-refractivity contribution in [2.75, 3.05) is 0 Å². The Hall–Kier alpha value is -2.32. The highest BCUT2D eigenvalue weighted by Crippen LogP contribution is 2.22. The Bertz CT molecular complexity index is 832. The van der Waals surface area contributed by atoms with Crippen molar-refractivity contribution in [3.8, 4) is 5.69 Å². The Morgan fingerprint density at radius 1 is 1.43 bits per heavy atom. The van der Waals surface area contributed by atoms with Crippen LogP contribution in [0.2, 0.25) is 5.02 Å². The summed E-state index contributed by atoms with van der Waals surface area (Å²) in [5.74, 6) is -0.251. The van der Waals surface area contributed by atoms with Crippen LogP contribution in [-0.2, 0) is 0 Å². The van der Waals surface area contributed by atoms with Crippen LogP contribution in [0.5, 0.6) is 0 Å². The van der Waals surface area contributed by atoms with Gasteiger partial charge in [-0.2, -0.15) is 0 Å². The number of nitrogens with one attached hydrogen (secondary N) is 1. The normalized spacial score (nSPS) is 12.1. The molecule has 0 aliphatic carbocycles. The number of hydrogen-bond acceptors (Lipinski definition) is 6. The third kappa shape index (κ3) is 3.38. The minimum Gasteiger partial charge on any atom is -0.343 e. The molecule has 0 spiro atoms. The van der Waals surface area contributed by atoms with Crippen LogP contribution in [0.15, 0.2) is 30.7 Å². The van der Waals surface area contributed by atoms with E-state index in [9.17, 15) is 4.79 Å². The van der Waals surface area contributed by atoms with Gasteiger partial charge >= 0.3 is 0 Å². The van der Waals surface area contributed by atoms with Crippen molar-refractivity contribution in [3.63, 3.8) is 0 Å². The largest absolute Gasteiger partial charge is 0.343 e. The van der Waals surface area contributed by atoms with E-state index in [-0.39, 0.29) is 11.9 Å². The summed E-state index contributed by atoms with van der Waals surface area (Å²) in [5.41, 5.74) is 1.07. The minimum absolute atomic E-state index is 0.184. The Labute approximate surface area is 141 Å². The zero-order valence-electron chi connectivity index (χ0n) is 12.4. The molecule has 2 heterocycles. The number of amides is 1. The number of tetrazole rings is 1. The van der Waals surface area contributed by atoms with Gasteiger partial charge in [-0.15, -0.1) is 16.4 Å². The van der Waals surface area contributed by atoms with Gasteiger partial charge in [-0.1, -0.05) is 11.6 Å². The van der Waals surface area contributed by atoms with Gasteiger partial charge in [0.1, 0.15) is 11.3 Å². The number of thiazole rings is 1. The number of hydrogen-bond donors (Lipinski definition) is 1. The van der Waals surface area contributed by atoms with Crippen molar-refractivity contribution in [2.24, 2.45) is 0 Å². The lowest BCUT2D eigenvalue weighted by molar-refractivity contribution is 0.0940. The summed E-state index contributed by atoms with van der Waals surface area (Å²) in [6.45, 7) is 3.86. The first-order valence-corrected chi connectivity index (χ1v) is 8.00. The SMILES string of the molecule is Cc1cnc(C(C)NC(=O)c2ccc(-n3cnnn3)cc2Cl)s1. The fourth-order valence-electron chi connectivity index (χ4n) is 2.02. The first-order valence-electron chi connectivity index (χ1n) is 6.80. The molecule has 1 aromatic carbocycles. The summed E-state index contributed by atoms with van der Waals surface area (Å²) < 4.78 is 1.47. The molecule has 1 atom stereocenters. The Balaban J connectivity index is 1.77. The average Bonchev–Trinajstić information content (AvgIpc) is 3.18. The van der Waals surface area contributed by atoms with Crippen LogP contribution in [0, 0.1) is 6.92 Å². The van der Waals surface area contributed by atoms with Crippen molar-refractivity contribution in [1.29, 1.82) is 0 Å². The van der Waals surface area contributed by atoms with Crippen molar-refractivity contribution >= 4 is 28.8 Å². The highest BCUT2D eigenvalue weighted by molar-refractivity contribution is 7.11. The standard InChI is InChI=1S/C14H13ClN6OS/c1-8-6-16-14(23-8)9(2)18-13(22)11-4-3-10(5-12(11)15)21-7-17-19-20-21/h3-7,9H,1-2H3,(H,18,22). The minimum atomic E-state index is -0.251. The molecule has 118 valence electrons. The fraction of sp³-hybridized carbons (Fsp3) is 0.214. The number of carbonyl (C=O) groups excluding carboxylic acids is 1. The summed E-state index contributed by atoms with van der Waals surface area (Å²) >= 11 is 7.77. The molecule has 23 heavy (non-hydrogen) atoms.